The predicted molar refractivity (Wildman–Crippen MR) is 84.2 cm³/mol. The molecule has 0 saturated carbocycles. The van der Waals surface area contributed by atoms with Gasteiger partial charge in [0, 0.05) is 22.7 Å². The SMILES string of the molecule is CN(C)CCN(CC(=O)O)c1ccc(I)cc1[N+](=O)[O-]. The number of nitrogens with zero attached hydrogens (tertiary/aromatic N) is 3. The molecule has 20 heavy (non-hydrogen) atoms. The van der Waals surface area contributed by atoms with Gasteiger partial charge in [0.2, 0.25) is 0 Å². The van der Waals surface area contributed by atoms with Crippen LogP contribution in [0, 0.1) is 13.7 Å². The van der Waals surface area contributed by atoms with Crippen LogP contribution in [0.4, 0.5) is 11.4 Å². The monoisotopic (exact) mass is 393 g/mol. The van der Waals surface area contributed by atoms with E-state index in [1.54, 1.807) is 12.1 Å². The average Bonchev–Trinajstić information content (AvgIpc) is 2.33. The van der Waals surface area contributed by atoms with E-state index in [1.165, 1.54) is 11.0 Å². The second kappa shape index (κ2) is 7.39. The summed E-state index contributed by atoms with van der Waals surface area (Å²) in [5.41, 5.74) is 0.261. The van der Waals surface area contributed by atoms with Gasteiger partial charge in [-0.15, -0.1) is 0 Å². The molecule has 0 radical (unpaired) electrons. The number of carboxylic acids is 1. The van der Waals surface area contributed by atoms with E-state index in [4.69, 9.17) is 5.11 Å². The van der Waals surface area contributed by atoms with Crippen molar-refractivity contribution in [1.82, 2.24) is 4.90 Å². The molecule has 0 atom stereocenters. The lowest BCUT2D eigenvalue weighted by molar-refractivity contribution is -0.384. The highest BCUT2D eigenvalue weighted by atomic mass is 127. The predicted octanol–water partition coefficient (Wildman–Crippen LogP) is 1.65. The minimum absolute atomic E-state index is 0.0723. The van der Waals surface area contributed by atoms with Crippen molar-refractivity contribution < 1.29 is 14.8 Å². The van der Waals surface area contributed by atoms with Crippen molar-refractivity contribution in [3.63, 3.8) is 0 Å². The van der Waals surface area contributed by atoms with Crippen LogP contribution in [0.15, 0.2) is 18.2 Å². The van der Waals surface area contributed by atoms with Gasteiger partial charge in [-0.25, -0.2) is 0 Å². The Kier molecular flexibility index (Phi) is 6.14. The van der Waals surface area contributed by atoms with Gasteiger partial charge in [-0.05, 0) is 48.8 Å². The van der Waals surface area contributed by atoms with Gasteiger partial charge in [0.15, 0.2) is 0 Å². The third-order valence-corrected chi connectivity index (χ3v) is 3.29. The molecule has 0 fully saturated rings. The lowest BCUT2D eigenvalue weighted by Gasteiger charge is -2.24. The lowest BCUT2D eigenvalue weighted by Crippen LogP contribution is -2.36. The summed E-state index contributed by atoms with van der Waals surface area (Å²) >= 11 is 1.99. The van der Waals surface area contributed by atoms with Crippen LogP contribution < -0.4 is 4.90 Å². The summed E-state index contributed by atoms with van der Waals surface area (Å²) in [6.07, 6.45) is 0. The number of carbonyl (C=O) groups is 1. The molecule has 0 heterocycles. The van der Waals surface area contributed by atoms with E-state index in [0.717, 1.165) is 3.57 Å². The molecule has 110 valence electrons. The van der Waals surface area contributed by atoms with Crippen LogP contribution in [0.3, 0.4) is 0 Å². The molecule has 1 aromatic carbocycles. The quantitative estimate of drug-likeness (QED) is 0.431. The van der Waals surface area contributed by atoms with Crippen molar-refractivity contribution in [1.29, 1.82) is 0 Å². The third kappa shape index (κ3) is 4.93. The number of halogens is 1. The Morgan fingerprint density at radius 3 is 2.55 bits per heavy atom. The molecular formula is C12H16IN3O4. The molecule has 0 aliphatic heterocycles. The zero-order valence-electron chi connectivity index (χ0n) is 11.2. The molecule has 0 aliphatic rings. The minimum atomic E-state index is -1.02. The van der Waals surface area contributed by atoms with Gasteiger partial charge >= 0.3 is 5.97 Å². The smallest absolute Gasteiger partial charge is 0.323 e. The van der Waals surface area contributed by atoms with E-state index in [1.807, 2.05) is 41.6 Å². The maximum atomic E-state index is 11.1. The number of aliphatic carboxylic acids is 1. The van der Waals surface area contributed by atoms with Crippen molar-refractivity contribution >= 4 is 39.9 Å². The summed E-state index contributed by atoms with van der Waals surface area (Å²) in [5, 5.41) is 20.1. The summed E-state index contributed by atoms with van der Waals surface area (Å²) in [4.78, 5) is 25.0. The fourth-order valence-electron chi connectivity index (χ4n) is 1.68. The second-order valence-corrected chi connectivity index (χ2v) is 5.75. The Bertz CT molecular complexity index is 507. The molecule has 0 spiro atoms. The summed E-state index contributed by atoms with van der Waals surface area (Å²) in [7, 11) is 3.72. The molecule has 0 saturated heterocycles. The van der Waals surface area contributed by atoms with Crippen molar-refractivity contribution in [2.45, 2.75) is 0 Å². The molecule has 1 N–H and O–H groups in total. The Morgan fingerprint density at radius 1 is 1.40 bits per heavy atom. The van der Waals surface area contributed by atoms with Gasteiger partial charge in [0.1, 0.15) is 12.2 Å². The van der Waals surface area contributed by atoms with Crippen LogP contribution in [0.5, 0.6) is 0 Å². The van der Waals surface area contributed by atoms with Gasteiger partial charge in [0.25, 0.3) is 5.69 Å². The number of hydrogen-bond acceptors (Lipinski definition) is 5. The van der Waals surface area contributed by atoms with Gasteiger partial charge in [-0.3, -0.25) is 14.9 Å². The van der Waals surface area contributed by atoms with E-state index in [9.17, 15) is 14.9 Å². The second-order valence-electron chi connectivity index (χ2n) is 4.51. The Balaban J connectivity index is 3.11. The molecule has 0 bridgehead atoms. The molecule has 0 aliphatic carbocycles. The lowest BCUT2D eigenvalue weighted by atomic mass is 10.2. The van der Waals surface area contributed by atoms with E-state index in [0.29, 0.717) is 18.8 Å². The van der Waals surface area contributed by atoms with Crippen LogP contribution in [0.25, 0.3) is 0 Å². The maximum Gasteiger partial charge on any atom is 0.323 e. The van der Waals surface area contributed by atoms with Crippen LogP contribution in [0.1, 0.15) is 0 Å². The van der Waals surface area contributed by atoms with Gasteiger partial charge < -0.3 is 14.9 Å². The summed E-state index contributed by atoms with van der Waals surface area (Å²) < 4.78 is 0.737. The molecule has 1 rings (SSSR count). The third-order valence-electron chi connectivity index (χ3n) is 2.62. The van der Waals surface area contributed by atoms with Crippen LogP contribution in [-0.4, -0.2) is 54.6 Å². The molecule has 7 nitrogen and oxygen atoms in total. The normalized spacial score (nSPS) is 10.6. The highest BCUT2D eigenvalue weighted by Crippen LogP contribution is 2.29. The largest absolute Gasteiger partial charge is 0.480 e. The highest BCUT2D eigenvalue weighted by molar-refractivity contribution is 14.1. The molecule has 1 aromatic rings. The number of rotatable bonds is 7. The highest BCUT2D eigenvalue weighted by Gasteiger charge is 2.21. The van der Waals surface area contributed by atoms with Crippen LogP contribution >= 0.6 is 22.6 Å². The minimum Gasteiger partial charge on any atom is -0.480 e. The number of carboxylic acid groups (broad SMARTS) is 1. The van der Waals surface area contributed by atoms with E-state index >= 15 is 0 Å². The number of nitro groups is 1. The number of benzene rings is 1. The molecule has 0 amide bonds. The topological polar surface area (TPSA) is 86.9 Å². The van der Waals surface area contributed by atoms with Gasteiger partial charge in [0.05, 0.1) is 4.92 Å². The average molecular weight is 393 g/mol. The van der Waals surface area contributed by atoms with E-state index in [-0.39, 0.29) is 12.2 Å². The van der Waals surface area contributed by atoms with Crippen LogP contribution in [-0.2, 0) is 4.79 Å². The fourth-order valence-corrected chi connectivity index (χ4v) is 2.15. The summed E-state index contributed by atoms with van der Waals surface area (Å²) in [5.74, 6) is -1.02. The van der Waals surface area contributed by atoms with Crippen molar-refractivity contribution in [3.8, 4) is 0 Å². The fraction of sp³-hybridized carbons (Fsp3) is 0.417. The standard InChI is InChI=1S/C12H16IN3O4/c1-14(2)5-6-15(8-12(17)18)10-4-3-9(13)7-11(10)16(19)20/h3-4,7H,5-6,8H2,1-2H3,(H,17,18). The number of nitro benzene ring substituents is 1. The van der Waals surface area contributed by atoms with Crippen molar-refractivity contribution in [2.75, 3.05) is 38.6 Å². The number of anilines is 1. The molecule has 0 unspecified atom stereocenters. The molecule has 8 heteroatoms. The first-order valence-corrected chi connectivity index (χ1v) is 6.94. The Morgan fingerprint density at radius 2 is 2.05 bits per heavy atom. The van der Waals surface area contributed by atoms with E-state index < -0.39 is 10.9 Å². The Hall–Kier alpha value is -1.42. The Labute approximate surface area is 130 Å². The first kappa shape index (κ1) is 16.6. The van der Waals surface area contributed by atoms with Gasteiger partial charge in [-0.2, -0.15) is 0 Å². The molecule has 0 aromatic heterocycles. The summed E-state index contributed by atoms with van der Waals surface area (Å²) in [6, 6.07) is 4.77. The number of hydrogen-bond donors (Lipinski definition) is 1. The van der Waals surface area contributed by atoms with E-state index in [2.05, 4.69) is 0 Å². The van der Waals surface area contributed by atoms with Crippen molar-refractivity contribution in [2.24, 2.45) is 0 Å². The summed E-state index contributed by atoms with van der Waals surface area (Å²) in [6.45, 7) is 0.742. The maximum absolute atomic E-state index is 11.1. The zero-order chi connectivity index (χ0) is 15.3. The van der Waals surface area contributed by atoms with Crippen molar-refractivity contribution in [3.05, 3.63) is 31.9 Å². The zero-order valence-corrected chi connectivity index (χ0v) is 13.4. The molecular weight excluding hydrogens is 377 g/mol. The first-order chi connectivity index (χ1) is 9.31. The van der Waals surface area contributed by atoms with Gasteiger partial charge in [-0.1, -0.05) is 0 Å². The number of likely N-dealkylation sites (N-methyl/N-ethyl adjacent to an activating group) is 1. The van der Waals surface area contributed by atoms with Crippen LogP contribution in [0.2, 0.25) is 0 Å². The first-order valence-electron chi connectivity index (χ1n) is 5.86.